The Balaban J connectivity index is 2.70. The zero-order valence-corrected chi connectivity index (χ0v) is 16.7. The summed E-state index contributed by atoms with van der Waals surface area (Å²) in [7, 11) is 0. The monoisotopic (exact) mass is 332 g/mol. The fourth-order valence-electron chi connectivity index (χ4n) is 4.06. The van der Waals surface area contributed by atoms with Crippen LogP contribution in [0.15, 0.2) is 30.3 Å². The van der Waals surface area contributed by atoms with Crippen molar-refractivity contribution in [3.05, 3.63) is 35.9 Å². The van der Waals surface area contributed by atoms with Crippen LogP contribution in [0.25, 0.3) is 0 Å². The van der Waals surface area contributed by atoms with Crippen LogP contribution in [0, 0.1) is 5.92 Å². The molecule has 0 aliphatic rings. The molecular weight excluding hydrogens is 292 g/mol. The molecule has 0 N–H and O–H groups in total. The van der Waals surface area contributed by atoms with Crippen LogP contribution in [0.2, 0.25) is 0 Å². The smallest absolute Gasteiger partial charge is 0.0708 e. The highest BCUT2D eigenvalue weighted by Gasteiger charge is 2.35. The van der Waals surface area contributed by atoms with E-state index in [9.17, 15) is 0 Å². The van der Waals surface area contributed by atoms with Gasteiger partial charge in [-0.25, -0.2) is 0 Å². The molecule has 0 aromatic heterocycles. The molecule has 1 aromatic carbocycles. The molecule has 0 amide bonds. The summed E-state index contributed by atoms with van der Waals surface area (Å²) < 4.78 is 6.36. The number of hydrogen-bond donors (Lipinski definition) is 0. The van der Waals surface area contributed by atoms with Crippen LogP contribution in [0.3, 0.4) is 0 Å². The standard InChI is InChI=1S/C23H40O/c1-5-9-10-11-12-16-19-22(20-21-17-14-13-15-18-21)23(6-2,7-3)24-8-4/h13-15,17-18,22H,5-12,16,19-20H2,1-4H3. The lowest BCUT2D eigenvalue weighted by molar-refractivity contribution is -0.0908. The average Bonchev–Trinajstić information content (AvgIpc) is 2.62. The lowest BCUT2D eigenvalue weighted by Gasteiger charge is -2.40. The van der Waals surface area contributed by atoms with Crippen molar-refractivity contribution >= 4 is 0 Å². The van der Waals surface area contributed by atoms with Crippen molar-refractivity contribution in [3.8, 4) is 0 Å². The van der Waals surface area contributed by atoms with Crippen molar-refractivity contribution in [1.82, 2.24) is 0 Å². The summed E-state index contributed by atoms with van der Waals surface area (Å²) in [6.45, 7) is 9.86. The van der Waals surface area contributed by atoms with Crippen LogP contribution in [0.4, 0.5) is 0 Å². The van der Waals surface area contributed by atoms with Gasteiger partial charge in [-0.15, -0.1) is 0 Å². The van der Waals surface area contributed by atoms with Gasteiger partial charge < -0.3 is 4.74 Å². The molecule has 0 bridgehead atoms. The highest BCUT2D eigenvalue weighted by molar-refractivity contribution is 5.16. The minimum absolute atomic E-state index is 0.0496. The highest BCUT2D eigenvalue weighted by atomic mass is 16.5. The molecular formula is C23H40O. The molecule has 24 heavy (non-hydrogen) atoms. The fraction of sp³-hybridized carbons (Fsp3) is 0.739. The van der Waals surface area contributed by atoms with Crippen LogP contribution in [-0.2, 0) is 11.2 Å². The first kappa shape index (κ1) is 21.2. The van der Waals surface area contributed by atoms with Gasteiger partial charge in [0.05, 0.1) is 5.60 Å². The van der Waals surface area contributed by atoms with Gasteiger partial charge in [0, 0.05) is 6.61 Å². The largest absolute Gasteiger partial charge is 0.375 e. The molecule has 0 spiro atoms. The number of ether oxygens (including phenoxy) is 1. The predicted octanol–water partition coefficient (Wildman–Crippen LogP) is 7.19. The van der Waals surface area contributed by atoms with E-state index in [1.54, 1.807) is 0 Å². The quantitative estimate of drug-likeness (QED) is 0.327. The molecule has 0 radical (unpaired) electrons. The molecule has 1 heteroatoms. The molecule has 1 aromatic rings. The Kier molecular flexibility index (Phi) is 11.1. The molecule has 0 saturated carbocycles. The Hall–Kier alpha value is -0.820. The van der Waals surface area contributed by atoms with Crippen molar-refractivity contribution < 1.29 is 4.74 Å². The van der Waals surface area contributed by atoms with Gasteiger partial charge in [0.2, 0.25) is 0 Å². The summed E-state index contributed by atoms with van der Waals surface area (Å²) in [4.78, 5) is 0. The van der Waals surface area contributed by atoms with E-state index < -0.39 is 0 Å². The second-order valence-corrected chi connectivity index (χ2v) is 7.15. The number of rotatable bonds is 14. The molecule has 0 aliphatic heterocycles. The maximum atomic E-state index is 6.36. The topological polar surface area (TPSA) is 9.23 Å². The predicted molar refractivity (Wildman–Crippen MR) is 107 cm³/mol. The second kappa shape index (κ2) is 12.5. The lowest BCUT2D eigenvalue weighted by atomic mass is 9.76. The Labute approximate surface area is 151 Å². The van der Waals surface area contributed by atoms with Crippen LogP contribution in [-0.4, -0.2) is 12.2 Å². The van der Waals surface area contributed by atoms with E-state index in [1.165, 1.54) is 50.5 Å². The van der Waals surface area contributed by atoms with E-state index in [2.05, 4.69) is 58.0 Å². The van der Waals surface area contributed by atoms with Gasteiger partial charge in [-0.1, -0.05) is 89.6 Å². The van der Waals surface area contributed by atoms with Gasteiger partial charge in [-0.3, -0.25) is 0 Å². The van der Waals surface area contributed by atoms with E-state index in [1.807, 2.05) is 0 Å². The summed E-state index contributed by atoms with van der Waals surface area (Å²) >= 11 is 0. The third-order valence-corrected chi connectivity index (χ3v) is 5.60. The number of hydrogen-bond acceptors (Lipinski definition) is 1. The van der Waals surface area contributed by atoms with Crippen LogP contribution in [0.1, 0.15) is 91.0 Å². The number of benzene rings is 1. The third-order valence-electron chi connectivity index (χ3n) is 5.60. The first-order valence-corrected chi connectivity index (χ1v) is 10.4. The molecule has 0 fully saturated rings. The highest BCUT2D eigenvalue weighted by Crippen LogP contribution is 2.36. The van der Waals surface area contributed by atoms with E-state index in [0.29, 0.717) is 5.92 Å². The van der Waals surface area contributed by atoms with Crippen LogP contribution in [0.5, 0.6) is 0 Å². The SMILES string of the molecule is CCCCCCCCC(Cc1ccccc1)C(CC)(CC)OCC. The lowest BCUT2D eigenvalue weighted by Crippen LogP contribution is -2.41. The van der Waals surface area contributed by atoms with Gasteiger partial charge in [-0.05, 0) is 44.1 Å². The summed E-state index contributed by atoms with van der Waals surface area (Å²) in [5.41, 5.74) is 1.51. The molecule has 138 valence electrons. The van der Waals surface area contributed by atoms with Gasteiger partial charge in [0.15, 0.2) is 0 Å². The first-order valence-electron chi connectivity index (χ1n) is 10.4. The molecule has 1 nitrogen and oxygen atoms in total. The maximum absolute atomic E-state index is 6.36. The third kappa shape index (κ3) is 6.97. The maximum Gasteiger partial charge on any atom is 0.0708 e. The van der Waals surface area contributed by atoms with E-state index in [0.717, 1.165) is 25.9 Å². The van der Waals surface area contributed by atoms with E-state index in [-0.39, 0.29) is 5.60 Å². The zero-order chi connectivity index (χ0) is 17.7. The first-order chi connectivity index (χ1) is 11.7. The van der Waals surface area contributed by atoms with Crippen molar-refractivity contribution in [3.63, 3.8) is 0 Å². The van der Waals surface area contributed by atoms with Crippen molar-refractivity contribution in [1.29, 1.82) is 0 Å². The zero-order valence-electron chi connectivity index (χ0n) is 16.7. The Bertz CT molecular complexity index is 394. The van der Waals surface area contributed by atoms with Crippen LogP contribution < -0.4 is 0 Å². The van der Waals surface area contributed by atoms with Gasteiger partial charge in [-0.2, -0.15) is 0 Å². The normalized spacial score (nSPS) is 13.2. The average molecular weight is 333 g/mol. The number of unbranched alkanes of at least 4 members (excludes halogenated alkanes) is 5. The summed E-state index contributed by atoms with van der Waals surface area (Å²) in [6.07, 6.45) is 12.9. The Morgan fingerprint density at radius 2 is 1.46 bits per heavy atom. The molecule has 0 heterocycles. The molecule has 1 atom stereocenters. The van der Waals surface area contributed by atoms with E-state index in [4.69, 9.17) is 4.74 Å². The van der Waals surface area contributed by atoms with E-state index >= 15 is 0 Å². The molecule has 1 rings (SSSR count). The minimum atomic E-state index is 0.0496. The van der Waals surface area contributed by atoms with Crippen molar-refractivity contribution in [2.75, 3.05) is 6.61 Å². The molecule has 0 aliphatic carbocycles. The fourth-order valence-corrected chi connectivity index (χ4v) is 4.06. The van der Waals surface area contributed by atoms with Crippen molar-refractivity contribution in [2.24, 2.45) is 5.92 Å². The second-order valence-electron chi connectivity index (χ2n) is 7.15. The molecule has 1 unspecified atom stereocenters. The van der Waals surface area contributed by atoms with Gasteiger partial charge >= 0.3 is 0 Å². The summed E-state index contributed by atoms with van der Waals surface area (Å²) in [5, 5.41) is 0. The summed E-state index contributed by atoms with van der Waals surface area (Å²) in [6, 6.07) is 11.0. The molecule has 0 saturated heterocycles. The van der Waals surface area contributed by atoms with Gasteiger partial charge in [0.1, 0.15) is 0 Å². The van der Waals surface area contributed by atoms with Gasteiger partial charge in [0.25, 0.3) is 0 Å². The Morgan fingerprint density at radius 3 is 2.04 bits per heavy atom. The van der Waals surface area contributed by atoms with Crippen molar-refractivity contribution in [2.45, 2.75) is 97.5 Å². The van der Waals surface area contributed by atoms with Crippen LogP contribution >= 0.6 is 0 Å². The summed E-state index contributed by atoms with van der Waals surface area (Å²) in [5.74, 6) is 0.626. The Morgan fingerprint density at radius 1 is 0.833 bits per heavy atom. The minimum Gasteiger partial charge on any atom is -0.375 e.